The standard InChI is InChI=1S/C31H41FN2O6Si/c1-21-26(14-13-23-11-8-12-25(17-23)34-29(38)19-30(34)39-22(2)36)40-27(31(21)41(3,4)32)18-28(37)33(15-16-35)20-24-9-6-5-7-10-24/h5-12,17,21,26-27,30-31,35H,13-16,18-20H2,1-4H3/t21-,26+,27-,30?,31+/m0/s1. The van der Waals surface area contributed by atoms with Gasteiger partial charge in [0.2, 0.25) is 20.2 Å². The lowest BCUT2D eigenvalue weighted by Gasteiger charge is -2.39. The summed E-state index contributed by atoms with van der Waals surface area (Å²) < 4.78 is 27.3. The minimum atomic E-state index is -3.18. The predicted molar refractivity (Wildman–Crippen MR) is 156 cm³/mol. The molecule has 41 heavy (non-hydrogen) atoms. The number of benzene rings is 2. The average Bonchev–Trinajstić information content (AvgIpc) is 3.22. The van der Waals surface area contributed by atoms with Crippen molar-refractivity contribution in [2.45, 2.75) is 83.1 Å². The van der Waals surface area contributed by atoms with Gasteiger partial charge in [0.15, 0.2) is 6.23 Å². The van der Waals surface area contributed by atoms with Gasteiger partial charge < -0.3 is 23.6 Å². The Morgan fingerprint density at radius 3 is 2.46 bits per heavy atom. The van der Waals surface area contributed by atoms with Crippen molar-refractivity contribution in [1.29, 1.82) is 0 Å². The van der Waals surface area contributed by atoms with Gasteiger partial charge in [0.25, 0.3) is 0 Å². The molecular weight excluding hydrogens is 543 g/mol. The number of ether oxygens (including phenoxy) is 2. The van der Waals surface area contributed by atoms with E-state index in [0.717, 1.165) is 11.1 Å². The molecule has 2 aromatic carbocycles. The number of carbonyl (C=O) groups excluding carboxylic acids is 3. The van der Waals surface area contributed by atoms with Crippen LogP contribution in [0.5, 0.6) is 0 Å². The second-order valence-electron chi connectivity index (χ2n) is 11.6. The fraction of sp³-hybridized carbons (Fsp3) is 0.516. The maximum absolute atomic E-state index is 15.6. The molecular formula is C31H41FN2O6Si. The lowest BCUT2D eigenvalue weighted by atomic mass is 9.94. The minimum Gasteiger partial charge on any atom is -0.441 e. The summed E-state index contributed by atoms with van der Waals surface area (Å²) in [5.74, 6) is -0.752. The van der Waals surface area contributed by atoms with Crippen molar-refractivity contribution >= 4 is 31.9 Å². The zero-order valence-corrected chi connectivity index (χ0v) is 25.3. The molecule has 2 aliphatic heterocycles. The highest BCUT2D eigenvalue weighted by Crippen LogP contribution is 2.47. The molecule has 2 saturated heterocycles. The second-order valence-corrected chi connectivity index (χ2v) is 15.4. The van der Waals surface area contributed by atoms with Crippen molar-refractivity contribution in [2.24, 2.45) is 5.92 Å². The number of aliphatic hydroxyl groups excluding tert-OH is 1. The van der Waals surface area contributed by atoms with Crippen LogP contribution in [0.3, 0.4) is 0 Å². The predicted octanol–water partition coefficient (Wildman–Crippen LogP) is 4.60. The first-order valence-corrected chi connectivity index (χ1v) is 17.3. The molecule has 8 nitrogen and oxygen atoms in total. The van der Waals surface area contributed by atoms with Crippen molar-refractivity contribution in [2.75, 3.05) is 18.1 Å². The van der Waals surface area contributed by atoms with Crippen LogP contribution < -0.4 is 4.90 Å². The number of hydrogen-bond donors (Lipinski definition) is 1. The Morgan fingerprint density at radius 2 is 1.83 bits per heavy atom. The van der Waals surface area contributed by atoms with Crippen LogP contribution in [0.2, 0.25) is 18.6 Å². The number of hydrogen-bond acceptors (Lipinski definition) is 6. The van der Waals surface area contributed by atoms with Crippen LogP contribution in [0.25, 0.3) is 0 Å². The molecule has 5 atom stereocenters. The topological polar surface area (TPSA) is 96.4 Å². The van der Waals surface area contributed by atoms with E-state index in [1.807, 2.05) is 61.5 Å². The third-order valence-electron chi connectivity index (χ3n) is 8.12. The van der Waals surface area contributed by atoms with Gasteiger partial charge in [-0.25, -0.2) is 0 Å². The summed E-state index contributed by atoms with van der Waals surface area (Å²) in [6.45, 7) is 7.13. The van der Waals surface area contributed by atoms with Gasteiger partial charge >= 0.3 is 5.97 Å². The number of nitrogens with zero attached hydrogens (tertiary/aromatic N) is 2. The molecule has 0 bridgehead atoms. The van der Waals surface area contributed by atoms with Gasteiger partial charge in [-0.3, -0.25) is 19.3 Å². The van der Waals surface area contributed by atoms with E-state index in [4.69, 9.17) is 9.47 Å². The first kappa shape index (κ1) is 30.9. The van der Waals surface area contributed by atoms with E-state index >= 15 is 4.11 Å². The zero-order chi connectivity index (χ0) is 29.7. The summed E-state index contributed by atoms with van der Waals surface area (Å²) in [7, 11) is -3.18. The molecule has 0 spiro atoms. The van der Waals surface area contributed by atoms with Crippen molar-refractivity contribution in [3.63, 3.8) is 0 Å². The molecule has 2 fully saturated rings. The number of aryl methyl sites for hydroxylation is 1. The molecule has 222 valence electrons. The van der Waals surface area contributed by atoms with E-state index in [1.54, 1.807) is 18.0 Å². The zero-order valence-electron chi connectivity index (χ0n) is 24.3. The molecule has 10 heteroatoms. The van der Waals surface area contributed by atoms with Crippen LogP contribution in [0.1, 0.15) is 44.2 Å². The molecule has 0 aromatic heterocycles. The molecule has 0 radical (unpaired) electrons. The Balaban J connectivity index is 1.42. The van der Waals surface area contributed by atoms with E-state index in [9.17, 15) is 19.5 Å². The molecule has 2 amide bonds. The molecule has 2 aliphatic rings. The third-order valence-corrected chi connectivity index (χ3v) is 10.6. The largest absolute Gasteiger partial charge is 0.441 e. The average molecular weight is 585 g/mol. The fourth-order valence-electron chi connectivity index (χ4n) is 6.25. The van der Waals surface area contributed by atoms with E-state index in [1.165, 1.54) is 11.8 Å². The highest BCUT2D eigenvalue weighted by atomic mass is 28.4. The molecule has 1 N–H and O–H groups in total. The number of carbonyl (C=O) groups is 3. The van der Waals surface area contributed by atoms with Crippen LogP contribution >= 0.6 is 0 Å². The second kappa shape index (κ2) is 13.3. The lowest BCUT2D eigenvalue weighted by Crippen LogP contribution is -2.54. The molecule has 0 aliphatic carbocycles. The summed E-state index contributed by atoms with van der Waals surface area (Å²) >= 11 is 0. The maximum atomic E-state index is 15.6. The number of anilines is 1. The summed E-state index contributed by atoms with van der Waals surface area (Å²) in [6.07, 6.45) is 0.198. The molecule has 2 aromatic rings. The Bertz CT molecular complexity index is 1220. The Hall–Kier alpha value is -3.08. The van der Waals surface area contributed by atoms with E-state index in [0.29, 0.717) is 25.1 Å². The number of aliphatic hydroxyl groups is 1. The van der Waals surface area contributed by atoms with Crippen LogP contribution in [0.4, 0.5) is 9.80 Å². The van der Waals surface area contributed by atoms with Gasteiger partial charge in [-0.1, -0.05) is 49.4 Å². The SMILES string of the molecule is CC(=O)OC1CC(=O)N1c1cccc(CC[C@H]2O[C@@H](CC(=O)N(CCO)Cc3ccccc3)[C@H]([Si](C)(C)F)[C@H]2C)c1. The highest BCUT2D eigenvalue weighted by molar-refractivity contribution is 6.72. The fourth-order valence-corrected chi connectivity index (χ4v) is 8.79. The van der Waals surface area contributed by atoms with Gasteiger partial charge in [0, 0.05) is 31.2 Å². The Kier molecular flexibility index (Phi) is 9.99. The lowest BCUT2D eigenvalue weighted by molar-refractivity contribution is -0.154. The monoisotopic (exact) mass is 584 g/mol. The van der Waals surface area contributed by atoms with E-state index in [2.05, 4.69) is 0 Å². The first-order chi connectivity index (χ1) is 19.5. The van der Waals surface area contributed by atoms with Crippen LogP contribution in [-0.4, -0.2) is 67.8 Å². The van der Waals surface area contributed by atoms with Gasteiger partial charge in [0.1, 0.15) is 0 Å². The van der Waals surface area contributed by atoms with Crippen LogP contribution in [-0.2, 0) is 36.8 Å². The number of esters is 1. The molecule has 1 unspecified atom stereocenters. The summed E-state index contributed by atoms with van der Waals surface area (Å²) in [4.78, 5) is 40.1. The van der Waals surface area contributed by atoms with Crippen molar-refractivity contribution in [3.8, 4) is 0 Å². The van der Waals surface area contributed by atoms with Gasteiger partial charge in [-0.15, -0.1) is 0 Å². The van der Waals surface area contributed by atoms with Crippen molar-refractivity contribution in [1.82, 2.24) is 4.90 Å². The Morgan fingerprint density at radius 1 is 1.12 bits per heavy atom. The van der Waals surface area contributed by atoms with Crippen molar-refractivity contribution in [3.05, 3.63) is 65.7 Å². The maximum Gasteiger partial charge on any atom is 0.304 e. The smallest absolute Gasteiger partial charge is 0.304 e. The van der Waals surface area contributed by atoms with E-state index < -0.39 is 26.7 Å². The quantitative estimate of drug-likeness (QED) is 0.170. The summed E-state index contributed by atoms with van der Waals surface area (Å²) in [5.41, 5.74) is 2.29. The summed E-state index contributed by atoms with van der Waals surface area (Å²) in [5, 5.41) is 9.59. The van der Waals surface area contributed by atoms with Gasteiger partial charge in [-0.05, 0) is 55.1 Å². The molecule has 0 saturated carbocycles. The minimum absolute atomic E-state index is 0.0617. The van der Waals surface area contributed by atoms with E-state index in [-0.39, 0.29) is 55.4 Å². The number of β-lactam (4-membered cyclic amide) rings is 1. The molecule has 2 heterocycles. The third kappa shape index (κ3) is 7.61. The number of amides is 2. The van der Waals surface area contributed by atoms with Gasteiger partial charge in [0.05, 0.1) is 31.7 Å². The first-order valence-electron chi connectivity index (χ1n) is 14.3. The number of halogens is 1. The molecule has 4 rings (SSSR count). The van der Waals surface area contributed by atoms with Crippen LogP contribution in [0, 0.1) is 5.92 Å². The van der Waals surface area contributed by atoms with Gasteiger partial charge in [-0.2, -0.15) is 0 Å². The highest BCUT2D eigenvalue weighted by Gasteiger charge is 2.51. The summed E-state index contributed by atoms with van der Waals surface area (Å²) in [6, 6.07) is 17.2. The van der Waals surface area contributed by atoms with Crippen molar-refractivity contribution < 1.29 is 33.1 Å². The normalized spacial score (nSPS) is 24.2. The van der Waals surface area contributed by atoms with Crippen LogP contribution in [0.15, 0.2) is 54.6 Å². The number of rotatable bonds is 12. The Labute approximate surface area is 242 Å².